The Morgan fingerprint density at radius 1 is 1.48 bits per heavy atom. The molecule has 2 rings (SSSR count). The van der Waals surface area contributed by atoms with E-state index in [1.807, 2.05) is 18.3 Å². The number of ether oxygens (including phenoxy) is 1. The number of nitrogens with one attached hydrogen (secondary N) is 1. The highest BCUT2D eigenvalue weighted by Crippen LogP contribution is 2.29. The Morgan fingerprint density at radius 2 is 2.33 bits per heavy atom. The molecule has 1 N–H and O–H groups in total. The highest BCUT2D eigenvalue weighted by Gasteiger charge is 2.23. The molecule has 0 bridgehead atoms. The molecule has 0 aromatic carbocycles. The van der Waals surface area contributed by atoms with Gasteiger partial charge in [-0.1, -0.05) is 6.92 Å². The molecule has 1 aromatic rings. The van der Waals surface area contributed by atoms with Gasteiger partial charge < -0.3 is 15.0 Å². The van der Waals surface area contributed by atoms with E-state index in [0.717, 1.165) is 37.7 Å². The zero-order valence-electron chi connectivity index (χ0n) is 13.6. The molecular formula is C17H29N3O. The Balaban J connectivity index is 2.00. The highest BCUT2D eigenvalue weighted by atomic mass is 16.5. The molecule has 1 fully saturated rings. The van der Waals surface area contributed by atoms with Gasteiger partial charge >= 0.3 is 0 Å². The van der Waals surface area contributed by atoms with E-state index in [0.29, 0.717) is 5.92 Å². The van der Waals surface area contributed by atoms with Crippen molar-refractivity contribution in [2.75, 3.05) is 31.1 Å². The Bertz CT molecular complexity index is 422. The first-order valence-electron chi connectivity index (χ1n) is 8.28. The molecule has 0 radical (unpaired) electrons. The minimum Gasteiger partial charge on any atom is -0.487 e. The summed E-state index contributed by atoms with van der Waals surface area (Å²) < 4.78 is 5.91. The molecule has 0 saturated carbocycles. The molecule has 4 heteroatoms. The lowest BCUT2D eigenvalue weighted by molar-refractivity contribution is 0.241. The molecule has 1 atom stereocenters. The molecule has 1 saturated heterocycles. The van der Waals surface area contributed by atoms with Crippen LogP contribution in [-0.4, -0.2) is 37.3 Å². The fourth-order valence-electron chi connectivity index (χ4n) is 2.87. The van der Waals surface area contributed by atoms with Crippen molar-refractivity contribution in [3.8, 4) is 5.75 Å². The molecule has 0 spiro atoms. The summed E-state index contributed by atoms with van der Waals surface area (Å²) in [5, 5.41) is 3.55. The van der Waals surface area contributed by atoms with E-state index in [1.165, 1.54) is 19.3 Å². The first kappa shape index (κ1) is 16.1. The summed E-state index contributed by atoms with van der Waals surface area (Å²) in [7, 11) is 0. The number of rotatable bonds is 7. The van der Waals surface area contributed by atoms with Crippen LogP contribution in [-0.2, 0) is 0 Å². The monoisotopic (exact) mass is 291 g/mol. The average molecular weight is 291 g/mol. The van der Waals surface area contributed by atoms with E-state index in [9.17, 15) is 0 Å². The van der Waals surface area contributed by atoms with Gasteiger partial charge in [-0.15, -0.1) is 0 Å². The Hall–Kier alpha value is -1.29. The SMILES string of the molecule is CCCNCC1CCCN(c2ncccc2OC(C)C)C1. The lowest BCUT2D eigenvalue weighted by Gasteiger charge is -2.34. The van der Waals surface area contributed by atoms with Gasteiger partial charge in [0.2, 0.25) is 0 Å². The fraction of sp³-hybridized carbons (Fsp3) is 0.706. The first-order chi connectivity index (χ1) is 10.2. The van der Waals surface area contributed by atoms with Gasteiger partial charge in [0, 0.05) is 19.3 Å². The van der Waals surface area contributed by atoms with Crippen LogP contribution in [0.25, 0.3) is 0 Å². The number of pyridine rings is 1. The highest BCUT2D eigenvalue weighted by molar-refractivity contribution is 5.52. The number of aromatic nitrogens is 1. The summed E-state index contributed by atoms with van der Waals surface area (Å²) in [6.45, 7) is 10.7. The van der Waals surface area contributed by atoms with E-state index < -0.39 is 0 Å². The molecule has 1 aliphatic rings. The van der Waals surface area contributed by atoms with Gasteiger partial charge in [-0.05, 0) is 64.3 Å². The van der Waals surface area contributed by atoms with Gasteiger partial charge in [0.25, 0.3) is 0 Å². The van der Waals surface area contributed by atoms with E-state index >= 15 is 0 Å². The molecule has 1 aromatic heterocycles. The predicted octanol–water partition coefficient (Wildman–Crippen LogP) is 3.08. The van der Waals surface area contributed by atoms with Crippen LogP contribution in [0.3, 0.4) is 0 Å². The summed E-state index contributed by atoms with van der Waals surface area (Å²) in [5.74, 6) is 2.63. The number of anilines is 1. The summed E-state index contributed by atoms with van der Waals surface area (Å²) in [6.07, 6.45) is 5.78. The molecule has 21 heavy (non-hydrogen) atoms. The molecular weight excluding hydrogens is 262 g/mol. The standard InChI is InChI=1S/C17H29N3O/c1-4-9-18-12-15-7-6-11-20(13-15)17-16(21-14(2)3)8-5-10-19-17/h5,8,10,14-15,18H,4,6-7,9,11-13H2,1-3H3. The van der Waals surface area contributed by atoms with Gasteiger partial charge in [0.15, 0.2) is 11.6 Å². The van der Waals surface area contributed by atoms with Crippen molar-refractivity contribution in [3.05, 3.63) is 18.3 Å². The molecule has 0 amide bonds. The van der Waals surface area contributed by atoms with Crippen LogP contribution in [0, 0.1) is 5.92 Å². The Morgan fingerprint density at radius 3 is 3.10 bits per heavy atom. The number of nitrogens with zero attached hydrogens (tertiary/aromatic N) is 2. The molecule has 118 valence electrons. The zero-order valence-corrected chi connectivity index (χ0v) is 13.6. The predicted molar refractivity (Wildman–Crippen MR) is 88.1 cm³/mol. The van der Waals surface area contributed by atoms with Crippen LogP contribution in [0.1, 0.15) is 40.0 Å². The maximum atomic E-state index is 5.91. The zero-order chi connectivity index (χ0) is 15.1. The molecule has 4 nitrogen and oxygen atoms in total. The Kier molecular flexibility index (Phi) is 6.30. The smallest absolute Gasteiger partial charge is 0.171 e. The van der Waals surface area contributed by atoms with Gasteiger partial charge in [-0.3, -0.25) is 0 Å². The van der Waals surface area contributed by atoms with Gasteiger partial charge in [-0.25, -0.2) is 4.98 Å². The van der Waals surface area contributed by atoms with Crippen molar-refractivity contribution in [3.63, 3.8) is 0 Å². The van der Waals surface area contributed by atoms with Crippen LogP contribution >= 0.6 is 0 Å². The topological polar surface area (TPSA) is 37.4 Å². The van der Waals surface area contributed by atoms with Crippen LogP contribution in [0.4, 0.5) is 5.82 Å². The largest absolute Gasteiger partial charge is 0.487 e. The second-order valence-electron chi connectivity index (χ2n) is 6.15. The Labute approximate surface area is 128 Å². The van der Waals surface area contributed by atoms with Crippen molar-refractivity contribution >= 4 is 5.82 Å². The first-order valence-corrected chi connectivity index (χ1v) is 8.28. The summed E-state index contributed by atoms with van der Waals surface area (Å²) in [5.41, 5.74) is 0. The quantitative estimate of drug-likeness (QED) is 0.783. The fourth-order valence-corrected chi connectivity index (χ4v) is 2.87. The van der Waals surface area contributed by atoms with Gasteiger partial charge in [0.05, 0.1) is 6.10 Å². The van der Waals surface area contributed by atoms with Gasteiger partial charge in [0.1, 0.15) is 0 Å². The third-order valence-electron chi connectivity index (χ3n) is 3.79. The lowest BCUT2D eigenvalue weighted by Crippen LogP contribution is -2.40. The maximum absolute atomic E-state index is 5.91. The van der Waals surface area contributed by atoms with Crippen LogP contribution in [0.5, 0.6) is 5.75 Å². The molecule has 2 heterocycles. The van der Waals surface area contributed by atoms with Crippen LogP contribution in [0.15, 0.2) is 18.3 Å². The number of piperidine rings is 1. The summed E-state index contributed by atoms with van der Waals surface area (Å²) in [4.78, 5) is 6.96. The average Bonchev–Trinajstić information content (AvgIpc) is 2.48. The third-order valence-corrected chi connectivity index (χ3v) is 3.79. The van der Waals surface area contributed by atoms with E-state index in [1.54, 1.807) is 0 Å². The minimum absolute atomic E-state index is 0.180. The van der Waals surface area contributed by atoms with E-state index in [4.69, 9.17) is 4.74 Å². The van der Waals surface area contributed by atoms with Crippen LogP contribution < -0.4 is 15.0 Å². The summed E-state index contributed by atoms with van der Waals surface area (Å²) >= 11 is 0. The summed E-state index contributed by atoms with van der Waals surface area (Å²) in [6, 6.07) is 3.98. The van der Waals surface area contributed by atoms with Gasteiger partial charge in [-0.2, -0.15) is 0 Å². The maximum Gasteiger partial charge on any atom is 0.171 e. The second kappa shape index (κ2) is 8.23. The number of hydrogen-bond donors (Lipinski definition) is 1. The van der Waals surface area contributed by atoms with Crippen molar-refractivity contribution in [2.45, 2.75) is 46.1 Å². The lowest BCUT2D eigenvalue weighted by atomic mass is 9.98. The minimum atomic E-state index is 0.180. The van der Waals surface area contributed by atoms with Crippen molar-refractivity contribution in [1.82, 2.24) is 10.3 Å². The van der Waals surface area contributed by atoms with Crippen LogP contribution in [0.2, 0.25) is 0 Å². The van der Waals surface area contributed by atoms with Crippen molar-refractivity contribution in [2.24, 2.45) is 5.92 Å². The second-order valence-corrected chi connectivity index (χ2v) is 6.15. The molecule has 1 unspecified atom stereocenters. The van der Waals surface area contributed by atoms with Crippen molar-refractivity contribution < 1.29 is 4.74 Å². The molecule has 0 aliphatic carbocycles. The third kappa shape index (κ3) is 4.88. The van der Waals surface area contributed by atoms with E-state index in [2.05, 4.69) is 36.0 Å². The van der Waals surface area contributed by atoms with E-state index in [-0.39, 0.29) is 6.10 Å². The normalized spacial score (nSPS) is 19.0. The number of hydrogen-bond acceptors (Lipinski definition) is 4. The van der Waals surface area contributed by atoms with Crippen molar-refractivity contribution in [1.29, 1.82) is 0 Å². The molecule has 1 aliphatic heterocycles.